The van der Waals surface area contributed by atoms with Crippen molar-refractivity contribution in [2.75, 3.05) is 13.1 Å². The molecular formula is C33H31N3O3. The molecule has 4 amide bonds. The lowest BCUT2D eigenvalue weighted by atomic mass is 9.83. The number of imide groups is 1. The number of rotatable bonds is 10. The Balaban J connectivity index is 1.28. The standard InChI is InChI=1S/C33H31N3O3/c37-30(34-22-21-29(26-15-7-2-8-16-26)27-17-9-3-10-18-27)24-36-31(38)33(35-32(36)39,28-19-11-4-12-20-28)23-25-13-5-1-6-14-25/h1-20,29H,21-24H2,(H,34,37)(H,35,39)/t33-/m0/s1. The second-order valence-electron chi connectivity index (χ2n) is 9.77. The average molecular weight is 518 g/mol. The second kappa shape index (κ2) is 11.8. The molecule has 39 heavy (non-hydrogen) atoms. The van der Waals surface area contributed by atoms with Gasteiger partial charge in [0.15, 0.2) is 5.54 Å². The third kappa shape index (κ3) is 5.75. The van der Waals surface area contributed by atoms with Gasteiger partial charge in [-0.2, -0.15) is 0 Å². The van der Waals surface area contributed by atoms with Gasteiger partial charge in [-0.25, -0.2) is 4.79 Å². The van der Waals surface area contributed by atoms with E-state index in [9.17, 15) is 14.4 Å². The van der Waals surface area contributed by atoms with E-state index in [4.69, 9.17) is 0 Å². The van der Waals surface area contributed by atoms with E-state index >= 15 is 0 Å². The van der Waals surface area contributed by atoms with Crippen LogP contribution in [-0.4, -0.2) is 35.8 Å². The van der Waals surface area contributed by atoms with Crippen molar-refractivity contribution in [1.82, 2.24) is 15.5 Å². The van der Waals surface area contributed by atoms with Crippen molar-refractivity contribution in [2.45, 2.75) is 24.3 Å². The van der Waals surface area contributed by atoms with E-state index in [0.717, 1.165) is 10.5 Å². The average Bonchev–Trinajstić information content (AvgIpc) is 3.22. The fraction of sp³-hybridized carbons (Fsp3) is 0.182. The Morgan fingerprint density at radius 2 is 1.26 bits per heavy atom. The van der Waals surface area contributed by atoms with Crippen LogP contribution in [0.4, 0.5) is 4.79 Å². The van der Waals surface area contributed by atoms with Crippen LogP contribution in [0.25, 0.3) is 0 Å². The van der Waals surface area contributed by atoms with Crippen LogP contribution in [0.5, 0.6) is 0 Å². The first kappa shape index (κ1) is 25.9. The normalized spacial score (nSPS) is 16.8. The molecule has 0 saturated carbocycles. The molecule has 0 aromatic heterocycles. The summed E-state index contributed by atoms with van der Waals surface area (Å²) >= 11 is 0. The van der Waals surface area contributed by atoms with Gasteiger partial charge in [-0.3, -0.25) is 14.5 Å². The fourth-order valence-corrected chi connectivity index (χ4v) is 5.26. The van der Waals surface area contributed by atoms with Gasteiger partial charge in [-0.05, 0) is 28.7 Å². The topological polar surface area (TPSA) is 78.5 Å². The molecule has 6 nitrogen and oxygen atoms in total. The van der Waals surface area contributed by atoms with Crippen molar-refractivity contribution in [3.05, 3.63) is 144 Å². The van der Waals surface area contributed by atoms with Crippen molar-refractivity contribution < 1.29 is 14.4 Å². The van der Waals surface area contributed by atoms with Gasteiger partial charge in [-0.1, -0.05) is 121 Å². The summed E-state index contributed by atoms with van der Waals surface area (Å²) in [5.74, 6) is -0.688. The van der Waals surface area contributed by atoms with Crippen LogP contribution >= 0.6 is 0 Å². The van der Waals surface area contributed by atoms with Crippen molar-refractivity contribution in [2.24, 2.45) is 0 Å². The molecule has 1 atom stereocenters. The minimum Gasteiger partial charge on any atom is -0.355 e. The van der Waals surface area contributed by atoms with E-state index < -0.39 is 17.5 Å². The monoisotopic (exact) mass is 517 g/mol. The first-order valence-electron chi connectivity index (χ1n) is 13.2. The fourth-order valence-electron chi connectivity index (χ4n) is 5.26. The maximum absolute atomic E-state index is 13.8. The van der Waals surface area contributed by atoms with Crippen LogP contribution in [0.2, 0.25) is 0 Å². The third-order valence-corrected chi connectivity index (χ3v) is 7.22. The second-order valence-corrected chi connectivity index (χ2v) is 9.77. The highest BCUT2D eigenvalue weighted by molar-refractivity contribution is 6.09. The number of nitrogens with zero attached hydrogens (tertiary/aromatic N) is 1. The predicted molar refractivity (Wildman–Crippen MR) is 151 cm³/mol. The Bertz CT molecular complexity index is 1370. The maximum atomic E-state index is 13.8. The van der Waals surface area contributed by atoms with Gasteiger partial charge < -0.3 is 10.6 Å². The van der Waals surface area contributed by atoms with Gasteiger partial charge in [0.1, 0.15) is 6.54 Å². The number of urea groups is 1. The zero-order chi connectivity index (χ0) is 27.1. The van der Waals surface area contributed by atoms with Crippen LogP contribution in [0.3, 0.4) is 0 Å². The van der Waals surface area contributed by atoms with E-state index in [0.29, 0.717) is 18.5 Å². The van der Waals surface area contributed by atoms with Crippen molar-refractivity contribution in [3.8, 4) is 0 Å². The number of hydrogen-bond acceptors (Lipinski definition) is 3. The minimum atomic E-state index is -1.27. The number of hydrogen-bond donors (Lipinski definition) is 2. The highest BCUT2D eigenvalue weighted by atomic mass is 16.2. The van der Waals surface area contributed by atoms with Crippen LogP contribution < -0.4 is 10.6 Å². The maximum Gasteiger partial charge on any atom is 0.325 e. The molecule has 4 aromatic rings. The molecule has 5 rings (SSSR count). The molecule has 6 heteroatoms. The molecule has 1 aliphatic heterocycles. The lowest BCUT2D eigenvalue weighted by Gasteiger charge is -2.27. The van der Waals surface area contributed by atoms with Crippen LogP contribution in [0, 0.1) is 0 Å². The molecule has 0 radical (unpaired) electrons. The number of nitrogens with one attached hydrogen (secondary N) is 2. The SMILES string of the molecule is O=C(CN1C(=O)N[C@@](Cc2ccccc2)(c2ccccc2)C1=O)NCCC(c1ccccc1)c1ccccc1. The lowest BCUT2D eigenvalue weighted by molar-refractivity contribution is -0.135. The van der Waals surface area contributed by atoms with E-state index in [1.54, 1.807) is 0 Å². The molecule has 1 aliphatic rings. The van der Waals surface area contributed by atoms with Crippen molar-refractivity contribution in [1.29, 1.82) is 0 Å². The summed E-state index contributed by atoms with van der Waals surface area (Å²) in [6.07, 6.45) is 0.970. The molecule has 0 unspecified atom stereocenters. The summed E-state index contributed by atoms with van der Waals surface area (Å²) in [7, 11) is 0. The summed E-state index contributed by atoms with van der Waals surface area (Å²) in [4.78, 5) is 40.8. The number of carbonyl (C=O) groups is 3. The predicted octanol–water partition coefficient (Wildman–Crippen LogP) is 5.01. The number of amides is 4. The van der Waals surface area contributed by atoms with Gasteiger partial charge in [0.2, 0.25) is 5.91 Å². The van der Waals surface area contributed by atoms with Gasteiger partial charge in [0, 0.05) is 18.9 Å². The van der Waals surface area contributed by atoms with E-state index in [2.05, 4.69) is 34.9 Å². The number of benzene rings is 4. The van der Waals surface area contributed by atoms with E-state index in [1.807, 2.05) is 97.1 Å². The largest absolute Gasteiger partial charge is 0.355 e. The zero-order valence-electron chi connectivity index (χ0n) is 21.6. The van der Waals surface area contributed by atoms with Gasteiger partial charge in [-0.15, -0.1) is 0 Å². The summed E-state index contributed by atoms with van der Waals surface area (Å²) < 4.78 is 0. The Labute approximate surface area is 228 Å². The van der Waals surface area contributed by atoms with Crippen LogP contribution in [-0.2, 0) is 21.5 Å². The molecule has 2 N–H and O–H groups in total. The lowest BCUT2D eigenvalue weighted by Crippen LogP contribution is -2.47. The summed E-state index contributed by atoms with van der Waals surface area (Å²) in [6.45, 7) is 0.0696. The Morgan fingerprint density at radius 1 is 0.744 bits per heavy atom. The smallest absolute Gasteiger partial charge is 0.325 e. The third-order valence-electron chi connectivity index (χ3n) is 7.22. The first-order valence-corrected chi connectivity index (χ1v) is 13.2. The van der Waals surface area contributed by atoms with Gasteiger partial charge >= 0.3 is 6.03 Å². The van der Waals surface area contributed by atoms with Crippen LogP contribution in [0.15, 0.2) is 121 Å². The van der Waals surface area contributed by atoms with Crippen molar-refractivity contribution >= 4 is 17.8 Å². The molecule has 196 valence electrons. The minimum absolute atomic E-state index is 0.112. The summed E-state index contributed by atoms with van der Waals surface area (Å²) in [5, 5.41) is 5.84. The Hall–Kier alpha value is -4.71. The molecule has 1 saturated heterocycles. The Kier molecular flexibility index (Phi) is 7.83. The quantitative estimate of drug-likeness (QED) is 0.290. The molecule has 1 heterocycles. The summed E-state index contributed by atoms with van der Waals surface area (Å²) in [5.41, 5.74) is 2.66. The van der Waals surface area contributed by atoms with E-state index in [1.165, 1.54) is 11.1 Å². The molecule has 0 spiro atoms. The molecule has 0 aliphatic carbocycles. The Morgan fingerprint density at radius 3 is 1.82 bits per heavy atom. The molecule has 1 fully saturated rings. The van der Waals surface area contributed by atoms with E-state index in [-0.39, 0.29) is 24.8 Å². The zero-order valence-corrected chi connectivity index (χ0v) is 21.6. The molecule has 4 aromatic carbocycles. The molecule has 0 bridgehead atoms. The van der Waals surface area contributed by atoms with Gasteiger partial charge in [0.05, 0.1) is 0 Å². The van der Waals surface area contributed by atoms with Crippen molar-refractivity contribution in [3.63, 3.8) is 0 Å². The summed E-state index contributed by atoms with van der Waals surface area (Å²) in [6, 6.07) is 38.6. The number of carbonyl (C=O) groups excluding carboxylic acids is 3. The van der Waals surface area contributed by atoms with Crippen LogP contribution in [0.1, 0.15) is 34.6 Å². The highest BCUT2D eigenvalue weighted by Gasteiger charge is 2.52. The molecular weight excluding hydrogens is 486 g/mol. The highest BCUT2D eigenvalue weighted by Crippen LogP contribution is 2.33. The van der Waals surface area contributed by atoms with Gasteiger partial charge in [0.25, 0.3) is 5.91 Å². The first-order chi connectivity index (χ1) is 19.1.